The average molecular weight is 1310 g/mol. The van der Waals surface area contributed by atoms with Gasteiger partial charge < -0.3 is 14.2 Å². The van der Waals surface area contributed by atoms with E-state index in [-0.39, 0.29) is 72.9 Å². The molecule has 3 aromatic rings. The largest absolute Gasteiger partial charge is 0.389 e. The monoisotopic (exact) mass is 1310 g/mol. The van der Waals surface area contributed by atoms with E-state index >= 15 is 0 Å². The van der Waals surface area contributed by atoms with E-state index in [1.54, 1.807) is 39.6 Å². The predicted octanol–water partition coefficient (Wildman–Crippen LogP) is 10.8. The van der Waals surface area contributed by atoms with Crippen molar-refractivity contribution in [3.05, 3.63) is 99.4 Å². The van der Waals surface area contributed by atoms with Crippen molar-refractivity contribution in [1.82, 2.24) is 0 Å². The number of carbonyl (C=O) groups is 6. The van der Waals surface area contributed by atoms with Gasteiger partial charge in [0.15, 0.2) is 0 Å². The Bertz CT molecular complexity index is 3130. The Balaban J connectivity index is 0.000000111. The van der Waals surface area contributed by atoms with Crippen LogP contribution in [0, 0.1) is 108 Å². The van der Waals surface area contributed by atoms with Gasteiger partial charge in [-0.2, -0.15) is 11.3 Å². The van der Waals surface area contributed by atoms with Crippen LogP contribution < -0.4 is 9.75 Å². The number of hydrogen-bond acceptors (Lipinski definition) is 12. The molecule has 12 bridgehead atoms. The second-order valence-electron chi connectivity index (χ2n) is 24.2. The fourth-order valence-corrected chi connectivity index (χ4v) is 21.8. The first-order valence-electron chi connectivity index (χ1n) is 26.9. The van der Waals surface area contributed by atoms with Crippen LogP contribution in [0.25, 0.3) is 22.3 Å². The van der Waals surface area contributed by atoms with Crippen molar-refractivity contribution in [2.45, 2.75) is 122 Å². The van der Waals surface area contributed by atoms with Crippen LogP contribution in [0.3, 0.4) is 0 Å². The van der Waals surface area contributed by atoms with Crippen LogP contribution in [0.2, 0.25) is 0 Å². The Hall–Kier alpha value is -3.14. The van der Waals surface area contributed by atoms with Gasteiger partial charge in [-0.25, -0.2) is 24.0 Å². The molecule has 6 heterocycles. The van der Waals surface area contributed by atoms with Crippen molar-refractivity contribution < 1.29 is 92.6 Å². The Morgan fingerprint density at radius 3 is 1.68 bits per heavy atom. The average Bonchev–Trinajstić information content (AvgIpc) is 4.22. The summed E-state index contributed by atoms with van der Waals surface area (Å²) in [7, 11) is 0. The molecule has 0 unspecified atom stereocenters. The maximum atomic E-state index is 12.8. The van der Waals surface area contributed by atoms with Crippen LogP contribution in [-0.4, -0.2) is 35.8 Å². The maximum absolute atomic E-state index is 12.8. The van der Waals surface area contributed by atoms with E-state index in [2.05, 4.69) is 27.6 Å². The molecule has 13 aliphatic carbocycles. The molecule has 3 aliphatic heterocycles. The van der Waals surface area contributed by atoms with Crippen molar-refractivity contribution in [3.63, 3.8) is 0 Å². The standard InChI is InChI=1S/3C20H20O3S.U.V/c1-9-14-2-3-24-17(14)20(16-15(9)18(21)23-19(16)22)12-5-10-4-11(7-12)8-13(20)6-10;1-10(16-9-17(21)23-20(16)22)15-2-3-24-19(15)18-13-5-11-4-12(7-13)8-14(18)6-11;1-10(13-2-3-24-9-13)16-18(20(22)23-19(16)21)17-14-5-11-4-12(7-14)8-15(17)6-11;;/h2-3,10-13,16H,4-8H2,1H3;2-3,9,11-14H,4-8H2,1H3;2-3,9,11-12,14-15H,4-8H2,1H3;;/b;15-10-,19-18?;16-10+,18-17?;;/t10?,11?,12?,13?,16-,20?;;;;/m1..../s1. The topological polar surface area (TPSA) is 130 Å². The van der Waals surface area contributed by atoms with Gasteiger partial charge in [-0.3, -0.25) is 4.79 Å². The second-order valence-corrected chi connectivity index (χ2v) is 26.8. The molecule has 74 heavy (non-hydrogen) atoms. The predicted molar refractivity (Wildman–Crippen MR) is 275 cm³/mol. The summed E-state index contributed by atoms with van der Waals surface area (Å²) in [6.07, 6.45) is 20.6. The Morgan fingerprint density at radius 1 is 0.581 bits per heavy atom. The van der Waals surface area contributed by atoms with E-state index in [0.29, 0.717) is 46.0 Å². The van der Waals surface area contributed by atoms with Gasteiger partial charge >= 0.3 is 35.8 Å². The summed E-state index contributed by atoms with van der Waals surface area (Å²) in [4.78, 5) is 75.0. The molecule has 9 nitrogen and oxygen atoms in total. The normalized spacial score (nSPS) is 37.9. The third-order valence-electron chi connectivity index (χ3n) is 20.7. The van der Waals surface area contributed by atoms with E-state index in [4.69, 9.17) is 9.47 Å². The molecule has 19 rings (SSSR count). The number of cyclic esters (lactones) is 6. The summed E-state index contributed by atoms with van der Waals surface area (Å²) >= 11 is 5.20. The Kier molecular flexibility index (Phi) is 13.5. The molecular weight excluding hydrogens is 1250 g/mol. The molecule has 3 aromatic heterocycles. The minimum Gasteiger partial charge on any atom is -0.389 e. The number of ether oxygens (including phenoxy) is 3. The summed E-state index contributed by atoms with van der Waals surface area (Å²) in [6.45, 7) is 5.87. The van der Waals surface area contributed by atoms with Crippen molar-refractivity contribution in [1.29, 1.82) is 0 Å². The molecule has 1 spiro atoms. The smallest absolute Gasteiger partial charge is 0.347 e. The molecule has 14 fully saturated rings. The number of esters is 6. The molecule has 12 saturated carbocycles. The first kappa shape index (κ1) is 51.6. The summed E-state index contributed by atoms with van der Waals surface area (Å²) in [5.41, 5.74) is 9.95. The number of fused-ring (bicyclic) bond motifs is 2. The summed E-state index contributed by atoms with van der Waals surface area (Å²) in [5, 5.41) is 9.42. The van der Waals surface area contributed by atoms with Crippen molar-refractivity contribution in [2.75, 3.05) is 0 Å². The van der Waals surface area contributed by atoms with E-state index in [9.17, 15) is 28.8 Å². The van der Waals surface area contributed by atoms with Crippen molar-refractivity contribution >= 4 is 92.1 Å². The van der Waals surface area contributed by atoms with Gasteiger partial charge in [0.25, 0.3) is 0 Å². The van der Waals surface area contributed by atoms with Crippen LogP contribution in [0.4, 0.5) is 0 Å². The summed E-state index contributed by atoms with van der Waals surface area (Å²) < 4.78 is 16.3. The SMILES string of the molecule is C/C(=C1\C(=O)OC(=O)C1=C1C2CC3CC(C2)CC1C3)c1ccsc1.C/C(C1=CC(=O)OC1=O)=c1\ccsc1=C1C2CC3CC(C2)CC1C3.CC1=C2C(=O)OC(=O)[C@@H]2C2(c3sccc31)C1CC3CC(C1)CC2C3.[U].[V]. The zero-order chi connectivity index (χ0) is 49.1. The van der Waals surface area contributed by atoms with E-state index in [0.717, 1.165) is 74.8 Å². The molecule has 1 radical (unpaired) electrons. The maximum Gasteiger partial charge on any atom is 0.347 e. The van der Waals surface area contributed by atoms with Crippen molar-refractivity contribution in [3.8, 4) is 0 Å². The minimum atomic E-state index is -0.548. The molecular formula is C60H60O9S3UV. The van der Waals surface area contributed by atoms with Gasteiger partial charge in [-0.05, 0) is 272 Å². The van der Waals surface area contributed by atoms with Gasteiger partial charge in [0.05, 0.1) is 22.3 Å². The van der Waals surface area contributed by atoms with Crippen LogP contribution in [0.1, 0.15) is 133 Å². The Morgan fingerprint density at radius 2 is 1.14 bits per heavy atom. The molecule has 1 atom stereocenters. The van der Waals surface area contributed by atoms with Crippen LogP contribution in [0.5, 0.6) is 0 Å². The quantitative estimate of drug-likeness (QED) is 0.107. The number of allylic oxidation sites excluding steroid dienone is 3. The molecule has 0 N–H and O–H groups in total. The first-order valence-corrected chi connectivity index (χ1v) is 29.6. The van der Waals surface area contributed by atoms with Gasteiger partial charge in [0.1, 0.15) is 5.92 Å². The summed E-state index contributed by atoms with van der Waals surface area (Å²) in [5.74, 6) is 5.81. The number of carbonyl (C=O) groups excluding carboxylic acids is 6. The van der Waals surface area contributed by atoms with Gasteiger partial charge in [0, 0.05) is 70.6 Å². The summed E-state index contributed by atoms with van der Waals surface area (Å²) in [6, 6.07) is 6.26. The van der Waals surface area contributed by atoms with Gasteiger partial charge in [-0.1, -0.05) is 0 Å². The van der Waals surface area contributed by atoms with Gasteiger partial charge in [0.2, 0.25) is 0 Å². The zero-order valence-corrected chi connectivity index (χ0v) is 50.1. The third-order valence-corrected chi connectivity index (χ3v) is 23.4. The Labute approximate surface area is 479 Å². The van der Waals surface area contributed by atoms with E-state index in [1.165, 1.54) is 123 Å². The fourth-order valence-electron chi connectivity index (χ4n) is 18.6. The molecule has 14 heteroatoms. The minimum absolute atomic E-state index is 0. The van der Waals surface area contributed by atoms with Crippen LogP contribution in [-0.2, 0) is 66.9 Å². The zero-order valence-electron chi connectivity index (χ0n) is 42.1. The van der Waals surface area contributed by atoms with Crippen LogP contribution >= 0.6 is 34.0 Å². The molecule has 0 amide bonds. The second kappa shape index (κ2) is 19.3. The van der Waals surface area contributed by atoms with Crippen molar-refractivity contribution in [2.24, 2.45) is 76.9 Å². The van der Waals surface area contributed by atoms with Crippen LogP contribution in [0.15, 0.2) is 73.7 Å². The number of thiophene rings is 3. The molecule has 0 aromatic carbocycles. The number of rotatable bonds is 2. The molecule has 2 saturated heterocycles. The van der Waals surface area contributed by atoms with Gasteiger partial charge in [-0.15, -0.1) is 22.7 Å². The number of hydrogen-bond donors (Lipinski definition) is 0. The first-order chi connectivity index (χ1) is 34.8. The third kappa shape index (κ3) is 7.94. The van der Waals surface area contributed by atoms with E-state index < -0.39 is 23.9 Å². The fraction of sp³-hybridized carbons (Fsp3) is 0.533. The van der Waals surface area contributed by atoms with E-state index in [1.807, 2.05) is 37.6 Å². The molecule has 16 aliphatic rings. The molecule has 381 valence electrons.